The highest BCUT2D eigenvalue weighted by atomic mass is 16.4. The number of amides is 6. The number of Topliss-reactive ketones (excluding diaryl/α,β-unsaturated/α-hetero) is 2. The van der Waals surface area contributed by atoms with Gasteiger partial charge in [-0.05, 0) is 46.5 Å². The Bertz CT molecular complexity index is 2070. The SMILES string of the molecule is O=C1CC(C(=O)Nc2ccc(-c3ccc(NC(=O)[C@@H]4CC(=O)CN4C(=O)Cc4ccccc4)c(NC(=O)O)c3)cc2NC(=O)O)N(C(=O)Cc2ccccc2)C1. The van der Waals surface area contributed by atoms with Crippen LogP contribution in [0.2, 0.25) is 0 Å². The van der Waals surface area contributed by atoms with Crippen LogP contribution < -0.4 is 21.3 Å². The van der Waals surface area contributed by atoms with Crippen LogP contribution in [0.4, 0.5) is 32.3 Å². The summed E-state index contributed by atoms with van der Waals surface area (Å²) in [5, 5.41) is 28.9. The first-order valence-corrected chi connectivity index (χ1v) is 17.4. The minimum Gasteiger partial charge on any atom is -0.465 e. The van der Waals surface area contributed by atoms with Gasteiger partial charge in [0.15, 0.2) is 11.6 Å². The van der Waals surface area contributed by atoms with E-state index in [4.69, 9.17) is 0 Å². The van der Waals surface area contributed by atoms with Crippen molar-refractivity contribution in [3.05, 3.63) is 108 Å². The number of rotatable bonds is 11. The molecule has 1 unspecified atom stereocenters. The maximum absolute atomic E-state index is 13.5. The average molecular weight is 761 g/mol. The fourth-order valence-electron chi connectivity index (χ4n) is 6.65. The van der Waals surface area contributed by atoms with Crippen LogP contribution in [0.25, 0.3) is 11.1 Å². The highest BCUT2D eigenvalue weighted by Crippen LogP contribution is 2.34. The lowest BCUT2D eigenvalue weighted by Gasteiger charge is -2.24. The van der Waals surface area contributed by atoms with Gasteiger partial charge in [0.25, 0.3) is 0 Å². The van der Waals surface area contributed by atoms with Gasteiger partial charge in [0.2, 0.25) is 23.6 Å². The number of anilines is 4. The highest BCUT2D eigenvalue weighted by Gasteiger charge is 2.40. The van der Waals surface area contributed by atoms with Crippen LogP contribution in [0, 0.1) is 0 Å². The molecule has 2 aliphatic rings. The van der Waals surface area contributed by atoms with Crippen molar-refractivity contribution in [2.45, 2.75) is 37.8 Å². The lowest BCUT2D eigenvalue weighted by atomic mass is 10.0. The second kappa shape index (κ2) is 16.8. The first kappa shape index (κ1) is 38.4. The Kier molecular flexibility index (Phi) is 11.5. The molecule has 6 N–H and O–H groups in total. The fourth-order valence-corrected chi connectivity index (χ4v) is 6.65. The molecule has 0 radical (unpaired) electrons. The molecule has 2 aliphatic heterocycles. The smallest absolute Gasteiger partial charge is 0.409 e. The molecular formula is C40H36N6O10. The predicted octanol–water partition coefficient (Wildman–Crippen LogP) is 4.24. The molecule has 0 spiro atoms. The summed E-state index contributed by atoms with van der Waals surface area (Å²) in [6, 6.07) is 24.1. The first-order valence-electron chi connectivity index (χ1n) is 17.4. The van der Waals surface area contributed by atoms with Gasteiger partial charge in [-0.15, -0.1) is 0 Å². The summed E-state index contributed by atoms with van der Waals surface area (Å²) in [4.78, 5) is 104. The van der Waals surface area contributed by atoms with Crippen molar-refractivity contribution in [1.82, 2.24) is 9.80 Å². The van der Waals surface area contributed by atoms with E-state index in [1.807, 2.05) is 0 Å². The summed E-state index contributed by atoms with van der Waals surface area (Å²) in [6.07, 6.45) is -3.39. The summed E-state index contributed by atoms with van der Waals surface area (Å²) in [5.41, 5.74) is 2.08. The number of benzene rings is 4. The molecule has 16 heteroatoms. The number of hydrogen-bond donors (Lipinski definition) is 6. The normalized spacial score (nSPS) is 16.3. The Morgan fingerprint density at radius 2 is 0.893 bits per heavy atom. The Morgan fingerprint density at radius 3 is 1.25 bits per heavy atom. The number of carbonyl (C=O) groups excluding carboxylic acids is 6. The quantitative estimate of drug-likeness (QED) is 0.127. The molecule has 2 atom stereocenters. The van der Waals surface area contributed by atoms with Gasteiger partial charge in [0.05, 0.1) is 48.7 Å². The van der Waals surface area contributed by atoms with Gasteiger partial charge in [-0.25, -0.2) is 9.59 Å². The van der Waals surface area contributed by atoms with Crippen LogP contribution in [0.15, 0.2) is 97.1 Å². The van der Waals surface area contributed by atoms with Crippen LogP contribution in [0.1, 0.15) is 24.0 Å². The van der Waals surface area contributed by atoms with E-state index >= 15 is 0 Å². The molecule has 4 aromatic carbocycles. The van der Waals surface area contributed by atoms with Crippen LogP contribution in [-0.4, -0.2) is 92.6 Å². The van der Waals surface area contributed by atoms with Crippen molar-refractivity contribution in [2.75, 3.05) is 34.4 Å². The minimum atomic E-state index is -1.46. The molecule has 0 aliphatic carbocycles. The second-order valence-electron chi connectivity index (χ2n) is 13.2. The molecule has 286 valence electrons. The Hall–Kier alpha value is -7.36. The van der Waals surface area contributed by atoms with Crippen molar-refractivity contribution in [1.29, 1.82) is 0 Å². The monoisotopic (exact) mass is 760 g/mol. The van der Waals surface area contributed by atoms with E-state index in [0.29, 0.717) is 22.3 Å². The number of hydrogen-bond acceptors (Lipinski definition) is 8. The van der Waals surface area contributed by atoms with E-state index in [0.717, 1.165) is 0 Å². The van der Waals surface area contributed by atoms with Gasteiger partial charge in [0, 0.05) is 12.8 Å². The lowest BCUT2D eigenvalue weighted by Crippen LogP contribution is -2.44. The van der Waals surface area contributed by atoms with Gasteiger partial charge < -0.3 is 30.6 Å². The van der Waals surface area contributed by atoms with Crippen LogP contribution in [-0.2, 0) is 41.6 Å². The van der Waals surface area contributed by atoms with E-state index < -0.39 is 47.9 Å². The minimum absolute atomic E-state index is 0.0211. The molecule has 2 heterocycles. The number of ketones is 2. The van der Waals surface area contributed by atoms with Gasteiger partial charge in [-0.1, -0.05) is 72.8 Å². The van der Waals surface area contributed by atoms with E-state index in [9.17, 15) is 48.6 Å². The fraction of sp³-hybridized carbons (Fsp3) is 0.200. The van der Waals surface area contributed by atoms with Crippen LogP contribution >= 0.6 is 0 Å². The molecule has 6 amide bonds. The van der Waals surface area contributed by atoms with Gasteiger partial charge in [-0.3, -0.25) is 39.4 Å². The van der Waals surface area contributed by atoms with Gasteiger partial charge in [-0.2, -0.15) is 0 Å². The topological polar surface area (TPSA) is 232 Å². The Labute approximate surface area is 319 Å². The number of nitrogens with zero attached hydrogens (tertiary/aromatic N) is 2. The van der Waals surface area contributed by atoms with Crippen LogP contribution in [0.3, 0.4) is 0 Å². The van der Waals surface area contributed by atoms with E-state index in [1.165, 1.54) is 46.2 Å². The molecule has 0 bridgehead atoms. The zero-order valence-corrected chi connectivity index (χ0v) is 29.7. The molecule has 0 saturated carbocycles. The van der Waals surface area contributed by atoms with Gasteiger partial charge >= 0.3 is 12.2 Å². The van der Waals surface area contributed by atoms with E-state index in [-0.39, 0.29) is 73.1 Å². The summed E-state index contributed by atoms with van der Waals surface area (Å²) in [7, 11) is 0. The molecule has 16 nitrogen and oxygen atoms in total. The highest BCUT2D eigenvalue weighted by molar-refractivity contribution is 6.08. The standard InChI is InChI=1S/C40H36N6O10/c47-27-19-33(45(21-27)35(49)15-23-7-3-1-4-8-23)37(51)41-29-13-11-25(17-31(29)43-39(53)54)26-12-14-30(32(18-26)44-40(55)56)42-38(52)34-20-28(48)22-46(34)36(50)16-24-9-5-2-6-10-24/h1-14,17-18,33-34,43-44H,15-16,19-22H2,(H,41,51)(H,42,52)(H,53,54)(H,55,56)/t33-,34?/m0/s1. The summed E-state index contributed by atoms with van der Waals surface area (Å²) < 4.78 is 0. The zero-order valence-electron chi connectivity index (χ0n) is 29.7. The summed E-state index contributed by atoms with van der Waals surface area (Å²) >= 11 is 0. The van der Waals surface area contributed by atoms with Gasteiger partial charge in [0.1, 0.15) is 12.1 Å². The van der Waals surface area contributed by atoms with Crippen LogP contribution in [0.5, 0.6) is 0 Å². The summed E-state index contributed by atoms with van der Waals surface area (Å²) in [5.74, 6) is -2.84. The third-order valence-electron chi connectivity index (χ3n) is 9.30. The van der Waals surface area contributed by atoms with E-state index in [2.05, 4.69) is 21.3 Å². The second-order valence-corrected chi connectivity index (χ2v) is 13.2. The third-order valence-corrected chi connectivity index (χ3v) is 9.30. The average Bonchev–Trinajstić information content (AvgIpc) is 3.76. The lowest BCUT2D eigenvalue weighted by molar-refractivity contribution is -0.136. The summed E-state index contributed by atoms with van der Waals surface area (Å²) in [6.45, 7) is -0.481. The van der Waals surface area contributed by atoms with Crippen molar-refractivity contribution >= 4 is 70.1 Å². The molecule has 2 saturated heterocycles. The van der Waals surface area contributed by atoms with Crippen molar-refractivity contribution in [3.8, 4) is 11.1 Å². The Morgan fingerprint density at radius 1 is 0.518 bits per heavy atom. The molecule has 2 fully saturated rings. The number of nitrogens with one attached hydrogen (secondary N) is 4. The van der Waals surface area contributed by atoms with Crippen molar-refractivity contribution in [3.63, 3.8) is 0 Å². The molecule has 56 heavy (non-hydrogen) atoms. The number of likely N-dealkylation sites (tertiary alicyclic amines) is 2. The number of carbonyl (C=O) groups is 8. The first-order chi connectivity index (χ1) is 26.8. The van der Waals surface area contributed by atoms with Crippen molar-refractivity contribution < 1.29 is 48.6 Å². The molecule has 0 aromatic heterocycles. The maximum atomic E-state index is 13.5. The predicted molar refractivity (Wildman–Crippen MR) is 203 cm³/mol. The van der Waals surface area contributed by atoms with Crippen molar-refractivity contribution in [2.24, 2.45) is 0 Å². The van der Waals surface area contributed by atoms with E-state index in [1.54, 1.807) is 60.7 Å². The Balaban J connectivity index is 1.21. The maximum Gasteiger partial charge on any atom is 0.409 e. The zero-order chi connectivity index (χ0) is 39.9. The number of carboxylic acid groups (broad SMARTS) is 2. The molecule has 4 aromatic rings. The third kappa shape index (κ3) is 9.22. The molecular weight excluding hydrogens is 724 g/mol. The largest absolute Gasteiger partial charge is 0.465 e. The molecule has 6 rings (SSSR count).